The van der Waals surface area contributed by atoms with Crippen LogP contribution in [0.3, 0.4) is 0 Å². The van der Waals surface area contributed by atoms with Crippen molar-refractivity contribution in [3.63, 3.8) is 0 Å². The van der Waals surface area contributed by atoms with Crippen molar-refractivity contribution >= 4 is 11.6 Å². The van der Waals surface area contributed by atoms with Gasteiger partial charge in [-0.25, -0.2) is 0 Å². The molecule has 1 saturated heterocycles. The van der Waals surface area contributed by atoms with Crippen LogP contribution in [-0.4, -0.2) is 49.3 Å². The highest BCUT2D eigenvalue weighted by molar-refractivity contribution is 5.97. The highest BCUT2D eigenvalue weighted by Gasteiger charge is 2.32. The summed E-state index contributed by atoms with van der Waals surface area (Å²) in [5.41, 5.74) is -0.0183. The summed E-state index contributed by atoms with van der Waals surface area (Å²) in [4.78, 5) is 15.1. The van der Waals surface area contributed by atoms with E-state index in [9.17, 15) is 4.79 Å². The molecule has 1 amide bonds. The van der Waals surface area contributed by atoms with Crippen molar-refractivity contribution in [3.8, 4) is 5.75 Å². The zero-order chi connectivity index (χ0) is 18.8. The van der Waals surface area contributed by atoms with E-state index >= 15 is 0 Å². The van der Waals surface area contributed by atoms with Gasteiger partial charge in [0.05, 0.1) is 6.61 Å². The molecule has 5 nitrogen and oxygen atoms in total. The minimum atomic E-state index is -0.783. The molecule has 0 aliphatic carbocycles. The second-order valence-corrected chi connectivity index (χ2v) is 7.14. The summed E-state index contributed by atoms with van der Waals surface area (Å²) in [6.45, 7) is 10.6. The third kappa shape index (κ3) is 6.29. The average Bonchev–Trinajstić information content (AvgIpc) is 3.14. The molecule has 1 atom stereocenters. The third-order valence-corrected chi connectivity index (χ3v) is 4.87. The normalized spacial score (nSPS) is 17.0. The lowest BCUT2D eigenvalue weighted by Gasteiger charge is -2.27. The number of amides is 1. The first kappa shape index (κ1) is 20.7. The summed E-state index contributed by atoms with van der Waals surface area (Å²) in [5.74, 6) is 0.742. The van der Waals surface area contributed by atoms with Crippen molar-refractivity contribution < 1.29 is 14.3 Å². The van der Waals surface area contributed by atoms with E-state index < -0.39 is 5.60 Å². The second kappa shape index (κ2) is 10.5. The number of likely N-dealkylation sites (tertiary alicyclic amines) is 1. The molecule has 1 unspecified atom stereocenters. The van der Waals surface area contributed by atoms with Gasteiger partial charge >= 0.3 is 0 Å². The van der Waals surface area contributed by atoms with Gasteiger partial charge in [0.25, 0.3) is 5.91 Å². The molecule has 0 spiro atoms. The molecule has 1 fully saturated rings. The second-order valence-electron chi connectivity index (χ2n) is 7.14. The predicted octanol–water partition coefficient (Wildman–Crippen LogP) is 4.09. The Morgan fingerprint density at radius 2 is 1.88 bits per heavy atom. The van der Waals surface area contributed by atoms with Crippen molar-refractivity contribution in [2.24, 2.45) is 0 Å². The number of hydrogen-bond donors (Lipinski definition) is 1. The monoisotopic (exact) mass is 362 g/mol. The van der Waals surface area contributed by atoms with Crippen LogP contribution in [0.15, 0.2) is 24.3 Å². The maximum Gasteiger partial charge on any atom is 0.256 e. The molecule has 146 valence electrons. The van der Waals surface area contributed by atoms with Gasteiger partial charge in [0.15, 0.2) is 0 Å². The molecule has 26 heavy (non-hydrogen) atoms. The van der Waals surface area contributed by atoms with E-state index in [-0.39, 0.29) is 5.91 Å². The summed E-state index contributed by atoms with van der Waals surface area (Å²) in [6.07, 6.45) is 5.30. The van der Waals surface area contributed by atoms with Gasteiger partial charge in [0.1, 0.15) is 11.4 Å². The van der Waals surface area contributed by atoms with E-state index in [4.69, 9.17) is 9.47 Å². The third-order valence-electron chi connectivity index (χ3n) is 4.87. The number of carbonyl (C=O) groups excluding carboxylic acids is 1. The van der Waals surface area contributed by atoms with Crippen LogP contribution < -0.4 is 10.1 Å². The lowest BCUT2D eigenvalue weighted by atomic mass is 9.99. The molecule has 0 bridgehead atoms. The van der Waals surface area contributed by atoms with Gasteiger partial charge in [-0.1, -0.05) is 13.3 Å². The number of rotatable bonds is 11. The standard InChI is InChI=1S/C21H34N2O3/c1-4-13-21(3,26-5-2)20(24)22-18-9-11-19(12-10-18)25-17-8-16-23-14-6-7-15-23/h9-12H,4-8,13-17H2,1-3H3,(H,22,24). The molecule has 0 saturated carbocycles. The first-order chi connectivity index (χ1) is 12.6. The number of nitrogens with zero attached hydrogens (tertiary/aromatic N) is 1. The molecule has 1 heterocycles. The predicted molar refractivity (Wildman–Crippen MR) is 106 cm³/mol. The Hall–Kier alpha value is -1.59. The van der Waals surface area contributed by atoms with E-state index in [1.54, 1.807) is 0 Å². The zero-order valence-corrected chi connectivity index (χ0v) is 16.6. The number of nitrogens with one attached hydrogen (secondary N) is 1. The Kier molecular flexibility index (Phi) is 8.39. The Morgan fingerprint density at radius 3 is 2.50 bits per heavy atom. The topological polar surface area (TPSA) is 50.8 Å². The fourth-order valence-electron chi connectivity index (χ4n) is 3.43. The molecule has 0 radical (unpaired) electrons. The molecule has 1 aliphatic rings. The molecule has 1 aromatic carbocycles. The van der Waals surface area contributed by atoms with Crippen molar-refractivity contribution in [1.29, 1.82) is 0 Å². The van der Waals surface area contributed by atoms with E-state index in [0.717, 1.165) is 37.4 Å². The lowest BCUT2D eigenvalue weighted by molar-refractivity contribution is -0.139. The van der Waals surface area contributed by atoms with Crippen molar-refractivity contribution in [2.75, 3.05) is 38.2 Å². The van der Waals surface area contributed by atoms with Gasteiger partial charge < -0.3 is 19.7 Å². The Bertz CT molecular complexity index is 533. The molecule has 5 heteroatoms. The smallest absolute Gasteiger partial charge is 0.256 e. The molecule has 2 rings (SSSR count). The number of ether oxygens (including phenoxy) is 2. The van der Waals surface area contributed by atoms with E-state index in [0.29, 0.717) is 13.0 Å². The van der Waals surface area contributed by atoms with Gasteiger partial charge in [-0.05, 0) is 76.9 Å². The fraction of sp³-hybridized carbons (Fsp3) is 0.667. The van der Waals surface area contributed by atoms with Crippen LogP contribution in [0.2, 0.25) is 0 Å². The summed E-state index contributed by atoms with van der Waals surface area (Å²) in [5, 5.41) is 2.96. The number of anilines is 1. The molecular formula is C21H34N2O3. The first-order valence-corrected chi connectivity index (χ1v) is 9.98. The van der Waals surface area contributed by atoms with Gasteiger partial charge in [-0.3, -0.25) is 4.79 Å². The highest BCUT2D eigenvalue weighted by Crippen LogP contribution is 2.22. The molecular weight excluding hydrogens is 328 g/mol. The minimum absolute atomic E-state index is 0.0968. The van der Waals surface area contributed by atoms with Gasteiger partial charge in [0, 0.05) is 18.8 Å². The maximum atomic E-state index is 12.6. The van der Waals surface area contributed by atoms with Crippen LogP contribution in [0.25, 0.3) is 0 Å². The van der Waals surface area contributed by atoms with Crippen LogP contribution in [0.5, 0.6) is 5.75 Å². The number of carbonyl (C=O) groups is 1. The molecule has 0 aromatic heterocycles. The Morgan fingerprint density at radius 1 is 1.19 bits per heavy atom. The maximum absolute atomic E-state index is 12.6. The largest absolute Gasteiger partial charge is 0.494 e. The minimum Gasteiger partial charge on any atom is -0.494 e. The van der Waals surface area contributed by atoms with E-state index in [1.165, 1.54) is 25.9 Å². The van der Waals surface area contributed by atoms with Crippen molar-refractivity contribution in [2.45, 2.75) is 58.5 Å². The van der Waals surface area contributed by atoms with Crippen LogP contribution in [0.4, 0.5) is 5.69 Å². The van der Waals surface area contributed by atoms with Gasteiger partial charge in [-0.15, -0.1) is 0 Å². The SMILES string of the molecule is CCCC(C)(OCC)C(=O)Nc1ccc(OCCCN2CCCC2)cc1. The zero-order valence-electron chi connectivity index (χ0n) is 16.6. The highest BCUT2D eigenvalue weighted by atomic mass is 16.5. The molecule has 1 aliphatic heterocycles. The average molecular weight is 363 g/mol. The summed E-state index contributed by atoms with van der Waals surface area (Å²) < 4.78 is 11.5. The number of benzene rings is 1. The van der Waals surface area contributed by atoms with E-state index in [1.807, 2.05) is 38.1 Å². The van der Waals surface area contributed by atoms with Gasteiger partial charge in [0.2, 0.25) is 0 Å². The number of hydrogen-bond acceptors (Lipinski definition) is 4. The van der Waals surface area contributed by atoms with Crippen LogP contribution >= 0.6 is 0 Å². The lowest BCUT2D eigenvalue weighted by Crippen LogP contribution is -2.42. The van der Waals surface area contributed by atoms with Crippen molar-refractivity contribution in [3.05, 3.63) is 24.3 Å². The van der Waals surface area contributed by atoms with E-state index in [2.05, 4.69) is 17.1 Å². The molecule has 1 aromatic rings. The van der Waals surface area contributed by atoms with Crippen LogP contribution in [0.1, 0.15) is 52.9 Å². The summed E-state index contributed by atoms with van der Waals surface area (Å²) in [7, 11) is 0. The van der Waals surface area contributed by atoms with Crippen molar-refractivity contribution in [1.82, 2.24) is 4.90 Å². The summed E-state index contributed by atoms with van der Waals surface area (Å²) >= 11 is 0. The first-order valence-electron chi connectivity index (χ1n) is 9.98. The van der Waals surface area contributed by atoms with Crippen LogP contribution in [-0.2, 0) is 9.53 Å². The van der Waals surface area contributed by atoms with Gasteiger partial charge in [-0.2, -0.15) is 0 Å². The Balaban J connectivity index is 1.77. The quantitative estimate of drug-likeness (QED) is 0.603. The summed E-state index contributed by atoms with van der Waals surface area (Å²) in [6, 6.07) is 7.57. The fourth-order valence-corrected chi connectivity index (χ4v) is 3.43. The molecule has 1 N–H and O–H groups in total. The Labute approximate surface area is 158 Å². The van der Waals surface area contributed by atoms with Crippen LogP contribution in [0, 0.1) is 0 Å².